The van der Waals surface area contributed by atoms with E-state index in [0.717, 1.165) is 29.1 Å². The first kappa shape index (κ1) is 11.1. The molecule has 4 nitrogen and oxygen atoms in total. The Hall–Kier alpha value is -0.390. The molecule has 1 aromatic heterocycles. The second-order valence-electron chi connectivity index (χ2n) is 4.23. The molecule has 0 amide bonds. The number of hydrogen-bond acceptors (Lipinski definition) is 3. The number of nitrogens with two attached hydrogens (primary N) is 1. The highest BCUT2D eigenvalue weighted by Crippen LogP contribution is 2.24. The third-order valence-electron chi connectivity index (χ3n) is 3.13. The van der Waals surface area contributed by atoms with Gasteiger partial charge in [-0.1, -0.05) is 0 Å². The second kappa shape index (κ2) is 4.23. The second-order valence-corrected chi connectivity index (χ2v) is 4.98. The Labute approximate surface area is 98.6 Å². The lowest BCUT2D eigenvalue weighted by molar-refractivity contribution is 0.241. The first-order chi connectivity index (χ1) is 7.13. The Kier molecular flexibility index (Phi) is 3.13. The molecule has 1 aliphatic heterocycles. The molecule has 0 fully saturated rings. The highest BCUT2D eigenvalue weighted by molar-refractivity contribution is 9.10. The predicted molar refractivity (Wildman–Crippen MR) is 63.6 cm³/mol. The fourth-order valence-corrected chi connectivity index (χ4v) is 2.73. The van der Waals surface area contributed by atoms with E-state index in [9.17, 15) is 0 Å². The molecule has 1 unspecified atom stereocenters. The summed E-state index contributed by atoms with van der Waals surface area (Å²) >= 11 is 3.47. The monoisotopic (exact) mass is 272 g/mol. The Morgan fingerprint density at radius 2 is 2.33 bits per heavy atom. The summed E-state index contributed by atoms with van der Waals surface area (Å²) < 4.78 is 3.17. The van der Waals surface area contributed by atoms with Crippen molar-refractivity contribution in [3.8, 4) is 0 Å². The van der Waals surface area contributed by atoms with Gasteiger partial charge in [0.1, 0.15) is 10.4 Å². The van der Waals surface area contributed by atoms with Crippen LogP contribution >= 0.6 is 15.9 Å². The van der Waals surface area contributed by atoms with E-state index in [-0.39, 0.29) is 0 Å². The van der Waals surface area contributed by atoms with Crippen LogP contribution in [0.15, 0.2) is 4.60 Å². The summed E-state index contributed by atoms with van der Waals surface area (Å²) in [6, 6.07) is 0.609. The summed E-state index contributed by atoms with van der Waals surface area (Å²) in [5, 5.41) is 0. The van der Waals surface area contributed by atoms with Crippen LogP contribution < -0.4 is 5.73 Å². The predicted octanol–water partition coefficient (Wildman–Crippen LogP) is 0.981. The van der Waals surface area contributed by atoms with Gasteiger partial charge in [-0.3, -0.25) is 0 Å². The lowest BCUT2D eigenvalue weighted by Gasteiger charge is -2.29. The quantitative estimate of drug-likeness (QED) is 0.873. The van der Waals surface area contributed by atoms with Gasteiger partial charge in [0.25, 0.3) is 0 Å². The van der Waals surface area contributed by atoms with Gasteiger partial charge in [-0.15, -0.1) is 0 Å². The number of rotatable bonds is 2. The number of imidazole rings is 1. The Bertz CT molecular complexity index is 359. The summed E-state index contributed by atoms with van der Waals surface area (Å²) in [4.78, 5) is 6.80. The molecule has 5 heteroatoms. The van der Waals surface area contributed by atoms with Crippen molar-refractivity contribution in [2.45, 2.75) is 32.0 Å². The lowest BCUT2D eigenvalue weighted by atomic mass is 10.1. The van der Waals surface area contributed by atoms with Crippen LogP contribution in [-0.2, 0) is 19.5 Å². The molecular weight excluding hydrogens is 256 g/mol. The van der Waals surface area contributed by atoms with Crippen LogP contribution in [-0.4, -0.2) is 34.6 Å². The molecule has 0 saturated carbocycles. The summed E-state index contributed by atoms with van der Waals surface area (Å²) in [6.45, 7) is 1.59. The maximum absolute atomic E-state index is 5.71. The van der Waals surface area contributed by atoms with Gasteiger partial charge in [-0.2, -0.15) is 0 Å². The summed E-state index contributed by atoms with van der Waals surface area (Å²) in [5.41, 5.74) is 6.84. The van der Waals surface area contributed by atoms with Gasteiger partial charge in [-0.05, 0) is 36.4 Å². The van der Waals surface area contributed by atoms with Crippen LogP contribution in [0.1, 0.15) is 17.9 Å². The van der Waals surface area contributed by atoms with E-state index in [4.69, 9.17) is 5.73 Å². The van der Waals surface area contributed by atoms with Crippen LogP contribution in [0, 0.1) is 0 Å². The third kappa shape index (κ3) is 1.96. The average molecular weight is 273 g/mol. The summed E-state index contributed by atoms with van der Waals surface area (Å²) in [7, 11) is 4.25. The zero-order chi connectivity index (χ0) is 11.0. The number of halogens is 1. The first-order valence-electron chi connectivity index (χ1n) is 5.23. The molecule has 84 valence electrons. The van der Waals surface area contributed by atoms with Crippen molar-refractivity contribution in [1.29, 1.82) is 0 Å². The van der Waals surface area contributed by atoms with Gasteiger partial charge < -0.3 is 15.2 Å². The van der Waals surface area contributed by atoms with Gasteiger partial charge in [0.05, 0.1) is 5.69 Å². The molecule has 1 aliphatic rings. The van der Waals surface area contributed by atoms with Crippen LogP contribution in [0.4, 0.5) is 0 Å². The molecule has 0 aromatic carbocycles. The Balaban J connectivity index is 2.28. The molecule has 2 rings (SSSR count). The molecule has 0 radical (unpaired) electrons. The largest absolute Gasteiger partial charge is 0.330 e. The standard InChI is InChI=1S/C10H17BrN4/c1-14(2)7-3-4-15-8(6-12)10(11)13-9(15)5-7/h7H,3-6,12H2,1-2H3. The van der Waals surface area contributed by atoms with Crippen molar-refractivity contribution in [2.24, 2.45) is 5.73 Å². The molecular formula is C10H17BrN4. The van der Waals surface area contributed by atoms with Gasteiger partial charge >= 0.3 is 0 Å². The average Bonchev–Trinajstić information content (AvgIpc) is 2.51. The summed E-state index contributed by atoms with van der Waals surface area (Å²) in [5.74, 6) is 1.16. The minimum Gasteiger partial charge on any atom is -0.330 e. The number of hydrogen-bond donors (Lipinski definition) is 1. The molecule has 1 aromatic rings. The number of likely N-dealkylation sites (N-methyl/N-ethyl adjacent to an activating group) is 1. The van der Waals surface area contributed by atoms with E-state index in [0.29, 0.717) is 12.6 Å². The molecule has 0 saturated heterocycles. The van der Waals surface area contributed by atoms with E-state index in [2.05, 4.69) is 44.5 Å². The number of fused-ring (bicyclic) bond motifs is 1. The van der Waals surface area contributed by atoms with Gasteiger partial charge in [0.2, 0.25) is 0 Å². The minimum absolute atomic E-state index is 0.556. The molecule has 2 N–H and O–H groups in total. The number of nitrogens with zero attached hydrogens (tertiary/aromatic N) is 3. The van der Waals surface area contributed by atoms with E-state index < -0.39 is 0 Å². The topological polar surface area (TPSA) is 47.1 Å². The molecule has 2 heterocycles. The molecule has 1 atom stereocenters. The van der Waals surface area contributed by atoms with E-state index in [1.807, 2.05) is 0 Å². The van der Waals surface area contributed by atoms with Crippen molar-refractivity contribution in [2.75, 3.05) is 14.1 Å². The van der Waals surface area contributed by atoms with Crippen LogP contribution in [0.5, 0.6) is 0 Å². The first-order valence-corrected chi connectivity index (χ1v) is 6.03. The third-order valence-corrected chi connectivity index (χ3v) is 3.77. The fraction of sp³-hybridized carbons (Fsp3) is 0.700. The van der Waals surface area contributed by atoms with Crippen LogP contribution in [0.3, 0.4) is 0 Å². The van der Waals surface area contributed by atoms with Crippen molar-refractivity contribution in [3.05, 3.63) is 16.1 Å². The van der Waals surface area contributed by atoms with Crippen molar-refractivity contribution in [1.82, 2.24) is 14.5 Å². The van der Waals surface area contributed by atoms with E-state index in [1.54, 1.807) is 0 Å². The smallest absolute Gasteiger partial charge is 0.128 e. The zero-order valence-electron chi connectivity index (χ0n) is 9.20. The van der Waals surface area contributed by atoms with E-state index in [1.165, 1.54) is 6.42 Å². The highest BCUT2D eigenvalue weighted by atomic mass is 79.9. The Morgan fingerprint density at radius 1 is 1.60 bits per heavy atom. The van der Waals surface area contributed by atoms with Gasteiger partial charge in [-0.25, -0.2) is 4.98 Å². The normalized spacial score (nSPS) is 20.7. The van der Waals surface area contributed by atoms with Crippen molar-refractivity contribution < 1.29 is 0 Å². The fourth-order valence-electron chi connectivity index (χ4n) is 2.15. The lowest BCUT2D eigenvalue weighted by Crippen LogP contribution is -2.36. The van der Waals surface area contributed by atoms with Gasteiger partial charge in [0.15, 0.2) is 0 Å². The maximum atomic E-state index is 5.71. The SMILES string of the molecule is CN(C)C1CCn2c(nc(Br)c2CN)C1. The van der Waals surface area contributed by atoms with Gasteiger partial charge in [0, 0.05) is 25.6 Å². The van der Waals surface area contributed by atoms with Crippen LogP contribution in [0.25, 0.3) is 0 Å². The Morgan fingerprint density at radius 3 is 2.93 bits per heavy atom. The van der Waals surface area contributed by atoms with Crippen molar-refractivity contribution >= 4 is 15.9 Å². The highest BCUT2D eigenvalue weighted by Gasteiger charge is 2.24. The minimum atomic E-state index is 0.556. The number of aromatic nitrogens is 2. The summed E-state index contributed by atoms with van der Waals surface area (Å²) in [6.07, 6.45) is 2.20. The van der Waals surface area contributed by atoms with Crippen LogP contribution in [0.2, 0.25) is 0 Å². The van der Waals surface area contributed by atoms with E-state index >= 15 is 0 Å². The van der Waals surface area contributed by atoms with Crippen molar-refractivity contribution in [3.63, 3.8) is 0 Å². The molecule has 0 bridgehead atoms. The molecule has 0 aliphatic carbocycles. The zero-order valence-corrected chi connectivity index (χ0v) is 10.8. The molecule has 15 heavy (non-hydrogen) atoms. The maximum Gasteiger partial charge on any atom is 0.128 e. The molecule has 0 spiro atoms.